The molecule has 1 aromatic carbocycles. The fraction of sp³-hybridized carbons (Fsp3) is 0.381. The molecular formula is C21H28Cl2N4O4. The minimum Gasteiger partial charge on any atom is -0.457 e. The summed E-state index contributed by atoms with van der Waals surface area (Å²) in [4.78, 5) is 28.3. The zero-order valence-corrected chi connectivity index (χ0v) is 19.1. The van der Waals surface area contributed by atoms with Gasteiger partial charge in [0.1, 0.15) is 17.2 Å². The summed E-state index contributed by atoms with van der Waals surface area (Å²) in [7, 11) is 1.54. The van der Waals surface area contributed by atoms with Crippen LogP contribution in [-0.2, 0) is 9.53 Å². The summed E-state index contributed by atoms with van der Waals surface area (Å²) < 4.78 is 11.3. The van der Waals surface area contributed by atoms with Gasteiger partial charge in [0, 0.05) is 44.3 Å². The molecule has 1 aromatic heterocycles. The SMILES string of the molecule is CNC(=O)c1cc(Oc2cc(NC(=O)C(N)C3CCOCC3)ccc2C)ccn1.Cl.Cl. The molecule has 2 amide bonds. The number of rotatable bonds is 6. The van der Waals surface area contributed by atoms with Gasteiger partial charge in [-0.2, -0.15) is 0 Å². The summed E-state index contributed by atoms with van der Waals surface area (Å²) in [6.45, 7) is 3.17. The van der Waals surface area contributed by atoms with Crippen molar-refractivity contribution in [2.75, 3.05) is 25.6 Å². The Labute approximate surface area is 194 Å². The highest BCUT2D eigenvalue weighted by Crippen LogP contribution is 2.28. The minimum atomic E-state index is -0.583. The Bertz CT molecular complexity index is 891. The van der Waals surface area contributed by atoms with Crippen LogP contribution < -0.4 is 21.1 Å². The molecule has 31 heavy (non-hydrogen) atoms. The molecule has 4 N–H and O–H groups in total. The summed E-state index contributed by atoms with van der Waals surface area (Å²) in [5.74, 6) is 0.637. The number of aromatic nitrogens is 1. The number of benzene rings is 1. The third-order valence-corrected chi connectivity index (χ3v) is 4.95. The van der Waals surface area contributed by atoms with E-state index in [1.165, 1.54) is 6.20 Å². The lowest BCUT2D eigenvalue weighted by molar-refractivity contribution is -0.119. The third-order valence-electron chi connectivity index (χ3n) is 4.95. The maximum absolute atomic E-state index is 12.5. The van der Waals surface area contributed by atoms with Gasteiger partial charge in [-0.3, -0.25) is 14.6 Å². The van der Waals surface area contributed by atoms with Gasteiger partial charge in [0.05, 0.1) is 6.04 Å². The van der Waals surface area contributed by atoms with Crippen molar-refractivity contribution in [3.63, 3.8) is 0 Å². The molecule has 0 radical (unpaired) electrons. The molecule has 170 valence electrons. The number of aryl methyl sites for hydroxylation is 1. The molecule has 1 saturated heterocycles. The largest absolute Gasteiger partial charge is 0.457 e. The lowest BCUT2D eigenvalue weighted by Gasteiger charge is -2.26. The number of hydrogen-bond donors (Lipinski definition) is 3. The molecule has 1 fully saturated rings. The number of hydrogen-bond acceptors (Lipinski definition) is 6. The van der Waals surface area contributed by atoms with E-state index in [2.05, 4.69) is 15.6 Å². The summed E-state index contributed by atoms with van der Waals surface area (Å²) in [5.41, 5.74) is 7.88. The molecule has 0 saturated carbocycles. The number of anilines is 1. The Morgan fingerprint density at radius 1 is 1.19 bits per heavy atom. The molecule has 1 atom stereocenters. The van der Waals surface area contributed by atoms with E-state index in [0.29, 0.717) is 30.4 Å². The molecule has 2 heterocycles. The fourth-order valence-electron chi connectivity index (χ4n) is 3.16. The predicted octanol–water partition coefficient (Wildman–Crippen LogP) is 3.08. The zero-order chi connectivity index (χ0) is 20.8. The van der Waals surface area contributed by atoms with E-state index < -0.39 is 6.04 Å². The molecule has 10 heteroatoms. The van der Waals surface area contributed by atoms with E-state index in [1.54, 1.807) is 31.3 Å². The van der Waals surface area contributed by atoms with Crippen molar-refractivity contribution in [1.29, 1.82) is 0 Å². The van der Waals surface area contributed by atoms with Crippen LogP contribution in [0, 0.1) is 12.8 Å². The normalized spacial score (nSPS) is 14.4. The van der Waals surface area contributed by atoms with Crippen LogP contribution in [0.3, 0.4) is 0 Å². The van der Waals surface area contributed by atoms with Crippen molar-refractivity contribution in [3.05, 3.63) is 47.8 Å². The van der Waals surface area contributed by atoms with Crippen molar-refractivity contribution >= 4 is 42.3 Å². The highest BCUT2D eigenvalue weighted by molar-refractivity contribution is 5.95. The van der Waals surface area contributed by atoms with Gasteiger partial charge in [0.25, 0.3) is 5.91 Å². The first kappa shape index (κ1) is 26.6. The van der Waals surface area contributed by atoms with E-state index in [1.807, 2.05) is 13.0 Å². The van der Waals surface area contributed by atoms with Gasteiger partial charge in [-0.15, -0.1) is 24.8 Å². The maximum atomic E-state index is 12.5. The summed E-state index contributed by atoms with van der Waals surface area (Å²) >= 11 is 0. The molecule has 8 nitrogen and oxygen atoms in total. The van der Waals surface area contributed by atoms with E-state index in [-0.39, 0.29) is 48.2 Å². The molecule has 0 spiro atoms. The smallest absolute Gasteiger partial charge is 0.269 e. The van der Waals surface area contributed by atoms with Gasteiger partial charge in [-0.1, -0.05) is 6.07 Å². The van der Waals surface area contributed by atoms with Gasteiger partial charge in [0.15, 0.2) is 0 Å². The number of ether oxygens (including phenoxy) is 2. The number of halogens is 2. The molecule has 0 bridgehead atoms. The van der Waals surface area contributed by atoms with Gasteiger partial charge < -0.3 is 25.8 Å². The lowest BCUT2D eigenvalue weighted by Crippen LogP contribution is -2.44. The van der Waals surface area contributed by atoms with E-state index in [0.717, 1.165) is 18.4 Å². The van der Waals surface area contributed by atoms with Crippen molar-refractivity contribution in [2.24, 2.45) is 11.7 Å². The summed E-state index contributed by atoms with van der Waals surface area (Å²) in [5, 5.41) is 5.40. The topological polar surface area (TPSA) is 116 Å². The van der Waals surface area contributed by atoms with Crippen LogP contribution in [0.5, 0.6) is 11.5 Å². The first-order valence-electron chi connectivity index (χ1n) is 9.58. The Morgan fingerprint density at radius 2 is 1.90 bits per heavy atom. The van der Waals surface area contributed by atoms with Crippen LogP contribution in [0.15, 0.2) is 36.5 Å². The van der Waals surface area contributed by atoms with Gasteiger partial charge in [-0.05, 0) is 43.4 Å². The molecule has 0 aliphatic carbocycles. The average molecular weight is 471 g/mol. The molecule has 1 unspecified atom stereocenters. The van der Waals surface area contributed by atoms with E-state index in [9.17, 15) is 9.59 Å². The number of pyridine rings is 1. The number of carbonyl (C=O) groups excluding carboxylic acids is 2. The quantitative estimate of drug-likeness (QED) is 0.597. The second-order valence-corrected chi connectivity index (χ2v) is 7.00. The highest BCUT2D eigenvalue weighted by Gasteiger charge is 2.26. The second-order valence-electron chi connectivity index (χ2n) is 7.00. The van der Waals surface area contributed by atoms with E-state index in [4.69, 9.17) is 15.2 Å². The Balaban J connectivity index is 0.00000240. The number of nitrogens with two attached hydrogens (primary N) is 1. The second kappa shape index (κ2) is 12.5. The molecule has 2 aromatic rings. The Hall–Kier alpha value is -2.39. The number of nitrogens with zero attached hydrogens (tertiary/aromatic N) is 1. The minimum absolute atomic E-state index is 0. The van der Waals surface area contributed by atoms with Gasteiger partial charge in [-0.25, -0.2) is 0 Å². The number of amides is 2. The third kappa shape index (κ3) is 7.07. The fourth-order valence-corrected chi connectivity index (χ4v) is 3.16. The van der Waals surface area contributed by atoms with Gasteiger partial charge >= 0.3 is 0 Å². The average Bonchev–Trinajstić information content (AvgIpc) is 2.75. The van der Waals surface area contributed by atoms with Crippen molar-refractivity contribution in [2.45, 2.75) is 25.8 Å². The van der Waals surface area contributed by atoms with Crippen molar-refractivity contribution in [1.82, 2.24) is 10.3 Å². The molecular weight excluding hydrogens is 443 g/mol. The molecule has 1 aliphatic heterocycles. The van der Waals surface area contributed by atoms with Crippen molar-refractivity contribution < 1.29 is 19.1 Å². The van der Waals surface area contributed by atoms with Gasteiger partial charge in [0.2, 0.25) is 5.91 Å². The number of carbonyl (C=O) groups is 2. The van der Waals surface area contributed by atoms with Crippen molar-refractivity contribution in [3.8, 4) is 11.5 Å². The van der Waals surface area contributed by atoms with Crippen LogP contribution in [0.1, 0.15) is 28.9 Å². The van der Waals surface area contributed by atoms with Crippen LogP contribution in [0.25, 0.3) is 0 Å². The summed E-state index contributed by atoms with van der Waals surface area (Å²) in [6, 6.07) is 8.04. The number of nitrogens with one attached hydrogen (secondary N) is 2. The van der Waals surface area contributed by atoms with E-state index >= 15 is 0 Å². The first-order chi connectivity index (χ1) is 14.0. The van der Waals surface area contributed by atoms with Crippen LogP contribution in [0.2, 0.25) is 0 Å². The Kier molecular flexibility index (Phi) is 10.7. The predicted molar refractivity (Wildman–Crippen MR) is 124 cm³/mol. The van der Waals surface area contributed by atoms with Crippen LogP contribution >= 0.6 is 24.8 Å². The standard InChI is InChI=1S/C21H26N4O4.2ClH/c1-13-3-4-15(25-21(27)19(22)14-6-9-28-10-7-14)11-18(13)29-16-5-8-24-17(12-16)20(26)23-2;;/h3-5,8,11-12,14,19H,6-7,9-10,22H2,1-2H3,(H,23,26)(H,25,27);2*1H. The van der Waals surface area contributed by atoms with Crippen LogP contribution in [-0.4, -0.2) is 43.1 Å². The molecule has 3 rings (SSSR count). The highest BCUT2D eigenvalue weighted by atomic mass is 35.5. The first-order valence-corrected chi connectivity index (χ1v) is 9.58. The molecule has 1 aliphatic rings. The lowest BCUT2D eigenvalue weighted by atomic mass is 9.92. The monoisotopic (exact) mass is 470 g/mol. The Morgan fingerprint density at radius 3 is 2.58 bits per heavy atom. The summed E-state index contributed by atoms with van der Waals surface area (Å²) in [6.07, 6.45) is 3.08. The maximum Gasteiger partial charge on any atom is 0.269 e. The van der Waals surface area contributed by atoms with Crippen LogP contribution in [0.4, 0.5) is 5.69 Å². The zero-order valence-electron chi connectivity index (χ0n) is 17.4.